The first-order valence-electron chi connectivity index (χ1n) is 7.42. The number of rotatable bonds is 6. The lowest BCUT2D eigenvalue weighted by molar-refractivity contribution is -0.00937. The smallest absolute Gasteiger partial charge is 0.122 e. The van der Waals surface area contributed by atoms with Gasteiger partial charge in [0, 0.05) is 26.1 Å². The molecule has 0 aromatic carbocycles. The van der Waals surface area contributed by atoms with Gasteiger partial charge in [0.25, 0.3) is 0 Å². The summed E-state index contributed by atoms with van der Waals surface area (Å²) in [5.41, 5.74) is 5.96. The maximum absolute atomic E-state index is 5.96. The average molecular weight is 266 g/mol. The zero-order chi connectivity index (χ0) is 13.7. The van der Waals surface area contributed by atoms with Gasteiger partial charge in [-0.15, -0.1) is 0 Å². The second-order valence-electron chi connectivity index (χ2n) is 5.12. The summed E-state index contributed by atoms with van der Waals surface area (Å²) in [4.78, 5) is 2.40. The Labute approximate surface area is 115 Å². The summed E-state index contributed by atoms with van der Waals surface area (Å²) < 4.78 is 11.6. The van der Waals surface area contributed by atoms with Crippen LogP contribution in [0.25, 0.3) is 0 Å². The molecule has 1 aliphatic heterocycles. The third kappa shape index (κ3) is 3.59. The molecular weight excluding hydrogens is 240 g/mol. The van der Waals surface area contributed by atoms with Crippen molar-refractivity contribution < 1.29 is 9.15 Å². The van der Waals surface area contributed by atoms with E-state index < -0.39 is 0 Å². The van der Waals surface area contributed by atoms with Gasteiger partial charge < -0.3 is 14.9 Å². The molecule has 1 saturated heterocycles. The van der Waals surface area contributed by atoms with Crippen molar-refractivity contribution >= 4 is 0 Å². The number of aryl methyl sites for hydroxylation is 1. The minimum atomic E-state index is 0.184. The molecule has 19 heavy (non-hydrogen) atoms. The van der Waals surface area contributed by atoms with Gasteiger partial charge in [0.1, 0.15) is 11.5 Å². The second-order valence-corrected chi connectivity index (χ2v) is 5.12. The van der Waals surface area contributed by atoms with E-state index in [1.54, 1.807) is 0 Å². The van der Waals surface area contributed by atoms with E-state index in [1.807, 2.05) is 0 Å². The molecule has 2 heterocycles. The molecule has 2 unspecified atom stereocenters. The third-order valence-corrected chi connectivity index (χ3v) is 3.84. The Morgan fingerprint density at radius 3 is 2.95 bits per heavy atom. The molecule has 1 fully saturated rings. The fourth-order valence-electron chi connectivity index (χ4n) is 2.83. The molecular formula is C15H26N2O2. The molecule has 0 saturated carbocycles. The van der Waals surface area contributed by atoms with E-state index in [4.69, 9.17) is 14.9 Å². The molecule has 0 bridgehead atoms. The molecule has 4 nitrogen and oxygen atoms in total. The van der Waals surface area contributed by atoms with Crippen molar-refractivity contribution in [2.45, 2.75) is 45.3 Å². The summed E-state index contributed by atoms with van der Waals surface area (Å²) in [6.45, 7) is 7.57. The number of likely N-dealkylation sites (tertiary alicyclic amines) is 1. The van der Waals surface area contributed by atoms with Crippen LogP contribution in [0, 0.1) is 0 Å². The first-order valence-corrected chi connectivity index (χ1v) is 7.42. The molecule has 0 spiro atoms. The molecule has 2 N–H and O–H groups in total. The summed E-state index contributed by atoms with van der Waals surface area (Å²) in [6.07, 6.45) is 3.59. The Kier molecular flexibility index (Phi) is 5.43. The first-order chi connectivity index (χ1) is 9.28. The Morgan fingerprint density at radius 1 is 1.47 bits per heavy atom. The van der Waals surface area contributed by atoms with E-state index in [0.717, 1.165) is 44.1 Å². The van der Waals surface area contributed by atoms with Gasteiger partial charge >= 0.3 is 0 Å². The Hall–Kier alpha value is -0.840. The normalized spacial score (nSPS) is 22.6. The Morgan fingerprint density at radius 2 is 2.32 bits per heavy atom. The molecule has 2 rings (SSSR count). The SMILES string of the molecule is CCOC1CCCN(C(CN)c2ccc(CC)o2)C1. The van der Waals surface area contributed by atoms with Gasteiger partial charge in [0.2, 0.25) is 0 Å². The van der Waals surface area contributed by atoms with Crippen LogP contribution in [0.3, 0.4) is 0 Å². The number of ether oxygens (including phenoxy) is 1. The van der Waals surface area contributed by atoms with Crippen molar-refractivity contribution in [3.8, 4) is 0 Å². The summed E-state index contributed by atoms with van der Waals surface area (Å²) >= 11 is 0. The van der Waals surface area contributed by atoms with Gasteiger partial charge in [0.15, 0.2) is 0 Å². The molecule has 0 aliphatic carbocycles. The van der Waals surface area contributed by atoms with Gasteiger partial charge in [-0.25, -0.2) is 0 Å². The van der Waals surface area contributed by atoms with Crippen molar-refractivity contribution in [1.29, 1.82) is 0 Å². The van der Waals surface area contributed by atoms with Gasteiger partial charge in [-0.2, -0.15) is 0 Å². The number of hydrogen-bond donors (Lipinski definition) is 1. The minimum absolute atomic E-state index is 0.184. The molecule has 4 heteroatoms. The molecule has 0 amide bonds. The molecule has 0 radical (unpaired) electrons. The van der Waals surface area contributed by atoms with Crippen LogP contribution in [0.1, 0.15) is 44.3 Å². The van der Waals surface area contributed by atoms with Crippen LogP contribution in [0.15, 0.2) is 16.5 Å². The average Bonchev–Trinajstić information content (AvgIpc) is 2.89. The monoisotopic (exact) mass is 266 g/mol. The van der Waals surface area contributed by atoms with Crippen LogP contribution < -0.4 is 5.73 Å². The summed E-state index contributed by atoms with van der Waals surface area (Å²) in [6, 6.07) is 4.31. The van der Waals surface area contributed by atoms with Gasteiger partial charge in [0.05, 0.1) is 12.1 Å². The molecule has 1 aromatic heterocycles. The van der Waals surface area contributed by atoms with Crippen LogP contribution in [-0.4, -0.2) is 37.2 Å². The summed E-state index contributed by atoms with van der Waals surface area (Å²) in [7, 11) is 0. The highest BCUT2D eigenvalue weighted by Crippen LogP contribution is 2.26. The van der Waals surface area contributed by atoms with Crippen molar-refractivity contribution in [3.63, 3.8) is 0 Å². The standard InChI is InChI=1S/C15H26N2O2/c1-3-12-7-8-15(19-12)14(10-16)17-9-5-6-13(11-17)18-4-2/h7-8,13-14H,3-6,9-11,16H2,1-2H3. The van der Waals surface area contributed by atoms with Crippen LogP contribution >= 0.6 is 0 Å². The lowest BCUT2D eigenvalue weighted by Crippen LogP contribution is -2.43. The fraction of sp³-hybridized carbons (Fsp3) is 0.733. The number of furan rings is 1. The Balaban J connectivity index is 2.03. The Bertz CT molecular complexity index is 376. The summed E-state index contributed by atoms with van der Waals surface area (Å²) in [5.74, 6) is 2.03. The molecule has 108 valence electrons. The zero-order valence-electron chi connectivity index (χ0n) is 12.1. The van der Waals surface area contributed by atoms with Gasteiger partial charge in [-0.3, -0.25) is 4.90 Å². The highest BCUT2D eigenvalue weighted by molar-refractivity contribution is 5.11. The zero-order valence-corrected chi connectivity index (χ0v) is 12.1. The number of hydrogen-bond acceptors (Lipinski definition) is 4. The third-order valence-electron chi connectivity index (χ3n) is 3.84. The summed E-state index contributed by atoms with van der Waals surface area (Å²) in [5, 5.41) is 0. The quantitative estimate of drug-likeness (QED) is 0.858. The molecule has 1 aliphatic rings. The predicted octanol–water partition coefficient (Wildman–Crippen LogP) is 2.34. The largest absolute Gasteiger partial charge is 0.464 e. The highest BCUT2D eigenvalue weighted by Gasteiger charge is 2.28. The maximum Gasteiger partial charge on any atom is 0.122 e. The predicted molar refractivity (Wildman–Crippen MR) is 76.1 cm³/mol. The fourth-order valence-corrected chi connectivity index (χ4v) is 2.83. The van der Waals surface area contributed by atoms with Gasteiger partial charge in [-0.05, 0) is 38.4 Å². The van der Waals surface area contributed by atoms with E-state index in [2.05, 4.69) is 30.9 Å². The van der Waals surface area contributed by atoms with Crippen molar-refractivity contribution in [2.75, 3.05) is 26.2 Å². The van der Waals surface area contributed by atoms with Crippen LogP contribution in [0.4, 0.5) is 0 Å². The number of nitrogens with two attached hydrogens (primary N) is 1. The molecule has 1 aromatic rings. The van der Waals surface area contributed by atoms with Crippen molar-refractivity contribution in [2.24, 2.45) is 5.73 Å². The number of piperidine rings is 1. The minimum Gasteiger partial charge on any atom is -0.464 e. The van der Waals surface area contributed by atoms with E-state index in [-0.39, 0.29) is 6.04 Å². The van der Waals surface area contributed by atoms with E-state index >= 15 is 0 Å². The number of nitrogens with zero attached hydrogens (tertiary/aromatic N) is 1. The van der Waals surface area contributed by atoms with Gasteiger partial charge in [-0.1, -0.05) is 6.92 Å². The molecule has 2 atom stereocenters. The van der Waals surface area contributed by atoms with E-state index in [1.165, 1.54) is 6.42 Å². The maximum atomic E-state index is 5.96. The van der Waals surface area contributed by atoms with Crippen molar-refractivity contribution in [1.82, 2.24) is 4.90 Å². The van der Waals surface area contributed by atoms with E-state index in [9.17, 15) is 0 Å². The second kappa shape index (κ2) is 7.08. The van der Waals surface area contributed by atoms with Crippen molar-refractivity contribution in [3.05, 3.63) is 23.7 Å². The highest BCUT2D eigenvalue weighted by atomic mass is 16.5. The lowest BCUT2D eigenvalue weighted by atomic mass is 10.0. The van der Waals surface area contributed by atoms with Crippen LogP contribution in [0.5, 0.6) is 0 Å². The van der Waals surface area contributed by atoms with Crippen LogP contribution in [0.2, 0.25) is 0 Å². The topological polar surface area (TPSA) is 51.6 Å². The lowest BCUT2D eigenvalue weighted by Gasteiger charge is -2.36. The van der Waals surface area contributed by atoms with E-state index in [0.29, 0.717) is 12.6 Å². The van der Waals surface area contributed by atoms with Crippen LogP contribution in [-0.2, 0) is 11.2 Å². The first kappa shape index (κ1) is 14.6.